The third kappa shape index (κ3) is 3.27. The maximum atomic E-state index is 10.5. The standard InChI is InChI=1S/C11H18N2O2S/c1-4-5-8(2)13-9(3)6-12-11(13)16-7-10(14)15/h6,8H,4-5,7H2,1-3H3,(H,14,15). The number of aromatic nitrogens is 2. The summed E-state index contributed by atoms with van der Waals surface area (Å²) < 4.78 is 2.12. The number of carboxylic acid groups (broad SMARTS) is 1. The minimum absolute atomic E-state index is 0.0648. The normalized spacial score (nSPS) is 12.7. The smallest absolute Gasteiger partial charge is 0.313 e. The Hall–Kier alpha value is -0.970. The lowest BCUT2D eigenvalue weighted by Crippen LogP contribution is -2.09. The summed E-state index contributed by atoms with van der Waals surface area (Å²) in [5, 5.41) is 9.46. The van der Waals surface area contributed by atoms with E-state index in [1.54, 1.807) is 6.20 Å². The van der Waals surface area contributed by atoms with Crippen LogP contribution in [0.25, 0.3) is 0 Å². The second-order valence-electron chi connectivity index (χ2n) is 3.87. The molecule has 0 radical (unpaired) electrons. The van der Waals surface area contributed by atoms with Gasteiger partial charge in [0.05, 0.1) is 5.75 Å². The molecule has 0 amide bonds. The summed E-state index contributed by atoms with van der Waals surface area (Å²) in [6, 6.07) is 0.379. The van der Waals surface area contributed by atoms with Crippen molar-refractivity contribution in [3.05, 3.63) is 11.9 Å². The number of nitrogens with zero attached hydrogens (tertiary/aromatic N) is 2. The molecule has 1 aromatic heterocycles. The fourth-order valence-electron chi connectivity index (χ4n) is 1.74. The van der Waals surface area contributed by atoms with Crippen LogP contribution in [0.5, 0.6) is 0 Å². The highest BCUT2D eigenvalue weighted by Gasteiger charge is 2.14. The molecule has 1 aromatic rings. The van der Waals surface area contributed by atoms with Crippen LogP contribution in [0, 0.1) is 6.92 Å². The van der Waals surface area contributed by atoms with Crippen molar-refractivity contribution in [1.29, 1.82) is 0 Å². The number of aliphatic carboxylic acids is 1. The van der Waals surface area contributed by atoms with E-state index in [0.717, 1.165) is 23.7 Å². The summed E-state index contributed by atoms with van der Waals surface area (Å²) in [5.74, 6) is -0.740. The van der Waals surface area contributed by atoms with Crippen LogP contribution in [0.2, 0.25) is 0 Å². The Balaban J connectivity index is 2.80. The van der Waals surface area contributed by atoms with Crippen molar-refractivity contribution in [2.45, 2.75) is 44.8 Å². The van der Waals surface area contributed by atoms with Crippen molar-refractivity contribution in [3.63, 3.8) is 0 Å². The summed E-state index contributed by atoms with van der Waals surface area (Å²) in [4.78, 5) is 14.8. The number of carboxylic acids is 1. The first-order valence-electron chi connectivity index (χ1n) is 5.44. The maximum absolute atomic E-state index is 10.5. The van der Waals surface area contributed by atoms with Gasteiger partial charge in [0, 0.05) is 17.9 Å². The minimum atomic E-state index is -0.805. The molecule has 0 bridgehead atoms. The molecule has 1 atom stereocenters. The molecule has 0 aliphatic carbocycles. The first kappa shape index (κ1) is 13.1. The van der Waals surface area contributed by atoms with Gasteiger partial charge in [0.15, 0.2) is 5.16 Å². The highest BCUT2D eigenvalue weighted by atomic mass is 32.2. The van der Waals surface area contributed by atoms with Gasteiger partial charge in [0.1, 0.15) is 0 Å². The van der Waals surface area contributed by atoms with E-state index in [1.165, 1.54) is 11.8 Å². The fraction of sp³-hybridized carbons (Fsp3) is 0.636. The van der Waals surface area contributed by atoms with Crippen LogP contribution < -0.4 is 0 Å². The predicted octanol–water partition coefficient (Wildman–Crippen LogP) is 2.73. The fourth-order valence-corrected chi connectivity index (χ4v) is 2.58. The summed E-state index contributed by atoms with van der Waals surface area (Å²) in [6.07, 6.45) is 4.00. The summed E-state index contributed by atoms with van der Waals surface area (Å²) in [7, 11) is 0. The summed E-state index contributed by atoms with van der Waals surface area (Å²) in [5.41, 5.74) is 1.09. The van der Waals surface area contributed by atoms with Crippen LogP contribution in [0.1, 0.15) is 38.4 Å². The van der Waals surface area contributed by atoms with Gasteiger partial charge in [-0.2, -0.15) is 0 Å². The molecule has 1 rings (SSSR count). The van der Waals surface area contributed by atoms with Gasteiger partial charge in [-0.1, -0.05) is 25.1 Å². The SMILES string of the molecule is CCCC(C)n1c(C)cnc1SCC(=O)O. The second kappa shape index (κ2) is 5.94. The van der Waals surface area contributed by atoms with Gasteiger partial charge in [-0.15, -0.1) is 0 Å². The molecule has 0 aliphatic heterocycles. The van der Waals surface area contributed by atoms with Crippen molar-refractivity contribution in [3.8, 4) is 0 Å². The molecule has 0 saturated carbocycles. The van der Waals surface area contributed by atoms with Gasteiger partial charge in [-0.25, -0.2) is 4.98 Å². The van der Waals surface area contributed by atoms with Gasteiger partial charge in [-0.3, -0.25) is 4.79 Å². The molecular formula is C11H18N2O2S. The Morgan fingerprint density at radius 3 is 2.94 bits per heavy atom. The first-order chi connectivity index (χ1) is 7.56. The number of carbonyl (C=O) groups is 1. The van der Waals surface area contributed by atoms with Gasteiger partial charge in [0.25, 0.3) is 0 Å². The maximum Gasteiger partial charge on any atom is 0.313 e. The van der Waals surface area contributed by atoms with Crippen LogP contribution in [-0.2, 0) is 4.79 Å². The Labute approximate surface area is 100 Å². The van der Waals surface area contributed by atoms with Crippen molar-refractivity contribution in [1.82, 2.24) is 9.55 Å². The van der Waals surface area contributed by atoms with Gasteiger partial charge < -0.3 is 9.67 Å². The van der Waals surface area contributed by atoms with E-state index in [1.807, 2.05) is 6.92 Å². The summed E-state index contributed by atoms with van der Waals surface area (Å²) >= 11 is 1.28. The van der Waals surface area contributed by atoms with Gasteiger partial charge in [-0.05, 0) is 20.3 Å². The van der Waals surface area contributed by atoms with Crippen LogP contribution in [0.15, 0.2) is 11.4 Å². The van der Waals surface area contributed by atoms with E-state index in [-0.39, 0.29) is 5.75 Å². The molecule has 0 aromatic carbocycles. The monoisotopic (exact) mass is 242 g/mol. The van der Waals surface area contributed by atoms with Gasteiger partial charge >= 0.3 is 5.97 Å². The largest absolute Gasteiger partial charge is 0.481 e. The van der Waals surface area contributed by atoms with Crippen molar-refractivity contribution >= 4 is 17.7 Å². The van der Waals surface area contributed by atoms with E-state index in [4.69, 9.17) is 5.11 Å². The number of aryl methyl sites for hydroxylation is 1. The Morgan fingerprint density at radius 2 is 2.38 bits per heavy atom. The Morgan fingerprint density at radius 1 is 1.69 bits per heavy atom. The predicted molar refractivity (Wildman–Crippen MR) is 64.9 cm³/mol. The van der Waals surface area contributed by atoms with E-state index >= 15 is 0 Å². The highest BCUT2D eigenvalue weighted by molar-refractivity contribution is 7.99. The van der Waals surface area contributed by atoms with Crippen molar-refractivity contribution in [2.24, 2.45) is 0 Å². The van der Waals surface area contributed by atoms with E-state index in [2.05, 4.69) is 23.4 Å². The third-order valence-corrected chi connectivity index (χ3v) is 3.37. The average Bonchev–Trinajstić information content (AvgIpc) is 2.57. The zero-order valence-corrected chi connectivity index (χ0v) is 10.8. The molecule has 1 N–H and O–H groups in total. The Bertz CT molecular complexity index is 363. The lowest BCUT2D eigenvalue weighted by Gasteiger charge is -2.16. The molecule has 1 unspecified atom stereocenters. The molecule has 0 fully saturated rings. The lowest BCUT2D eigenvalue weighted by molar-refractivity contribution is -0.133. The molecule has 0 saturated heterocycles. The molecule has 5 heteroatoms. The molecular weight excluding hydrogens is 224 g/mol. The molecule has 0 aliphatic rings. The van der Waals surface area contributed by atoms with Crippen LogP contribution in [-0.4, -0.2) is 26.4 Å². The highest BCUT2D eigenvalue weighted by Crippen LogP contribution is 2.25. The van der Waals surface area contributed by atoms with Crippen molar-refractivity contribution < 1.29 is 9.90 Å². The lowest BCUT2D eigenvalue weighted by atomic mass is 10.2. The first-order valence-corrected chi connectivity index (χ1v) is 6.43. The third-order valence-electron chi connectivity index (χ3n) is 2.42. The Kier molecular flexibility index (Phi) is 4.86. The average molecular weight is 242 g/mol. The van der Waals surface area contributed by atoms with Crippen LogP contribution in [0.3, 0.4) is 0 Å². The van der Waals surface area contributed by atoms with Gasteiger partial charge in [0.2, 0.25) is 0 Å². The zero-order chi connectivity index (χ0) is 12.1. The van der Waals surface area contributed by atoms with Crippen molar-refractivity contribution in [2.75, 3.05) is 5.75 Å². The van der Waals surface area contributed by atoms with E-state index in [9.17, 15) is 4.79 Å². The summed E-state index contributed by atoms with van der Waals surface area (Å²) in [6.45, 7) is 6.29. The minimum Gasteiger partial charge on any atom is -0.481 e. The molecule has 90 valence electrons. The number of hydrogen-bond acceptors (Lipinski definition) is 3. The zero-order valence-electron chi connectivity index (χ0n) is 9.93. The van der Waals surface area contributed by atoms with Crippen LogP contribution >= 0.6 is 11.8 Å². The quantitative estimate of drug-likeness (QED) is 0.779. The molecule has 1 heterocycles. The second-order valence-corrected chi connectivity index (χ2v) is 4.81. The van der Waals surface area contributed by atoms with E-state index < -0.39 is 5.97 Å². The molecule has 4 nitrogen and oxygen atoms in total. The number of thioether (sulfide) groups is 1. The van der Waals surface area contributed by atoms with Crippen LogP contribution in [0.4, 0.5) is 0 Å². The molecule has 0 spiro atoms. The topological polar surface area (TPSA) is 55.1 Å². The number of imidazole rings is 1. The van der Waals surface area contributed by atoms with E-state index in [0.29, 0.717) is 6.04 Å². The molecule has 16 heavy (non-hydrogen) atoms. The number of hydrogen-bond donors (Lipinski definition) is 1. The number of rotatable bonds is 6.